The van der Waals surface area contributed by atoms with Gasteiger partial charge in [0.2, 0.25) is 5.82 Å². The molecule has 0 bridgehead atoms. The summed E-state index contributed by atoms with van der Waals surface area (Å²) < 4.78 is 37.0. The van der Waals surface area contributed by atoms with Gasteiger partial charge >= 0.3 is 12.1 Å². The van der Waals surface area contributed by atoms with Crippen molar-refractivity contribution in [1.29, 1.82) is 0 Å². The van der Waals surface area contributed by atoms with E-state index in [1.54, 1.807) is 0 Å². The fourth-order valence-electron chi connectivity index (χ4n) is 2.18. The summed E-state index contributed by atoms with van der Waals surface area (Å²) in [5, 5.41) is 9.08. The number of alkyl halides is 3. The van der Waals surface area contributed by atoms with Crippen molar-refractivity contribution in [2.45, 2.75) is 31.5 Å². The molecule has 1 aromatic heterocycles. The number of aliphatic carboxylic acids is 1. The van der Waals surface area contributed by atoms with Crippen molar-refractivity contribution in [3.63, 3.8) is 0 Å². The lowest BCUT2D eigenvalue weighted by molar-refractivity contribution is -0.145. The van der Waals surface area contributed by atoms with E-state index < -0.39 is 29.9 Å². The quantitative estimate of drug-likeness (QED) is 0.896. The number of carbonyl (C=O) groups excluding carboxylic acids is 1. The second kappa shape index (κ2) is 5.66. The molecular formula is C12H12F3N3O3. The Morgan fingerprint density at radius 1 is 1.24 bits per heavy atom. The first-order valence-electron chi connectivity index (χ1n) is 6.23. The minimum Gasteiger partial charge on any atom is -0.480 e. The minimum atomic E-state index is -4.68. The number of halogens is 3. The molecule has 1 N–H and O–H groups in total. The van der Waals surface area contributed by atoms with Crippen LogP contribution in [0.25, 0.3) is 0 Å². The fraction of sp³-hybridized carbons (Fsp3) is 0.500. The van der Waals surface area contributed by atoms with Crippen LogP contribution in [0.15, 0.2) is 12.4 Å². The summed E-state index contributed by atoms with van der Waals surface area (Å²) in [7, 11) is 0. The van der Waals surface area contributed by atoms with E-state index in [4.69, 9.17) is 5.11 Å². The van der Waals surface area contributed by atoms with Gasteiger partial charge in [0.15, 0.2) is 0 Å². The van der Waals surface area contributed by atoms with Gasteiger partial charge in [-0.1, -0.05) is 0 Å². The lowest BCUT2D eigenvalue weighted by atomic mass is 10.0. The van der Waals surface area contributed by atoms with Crippen LogP contribution in [0.1, 0.15) is 35.4 Å². The van der Waals surface area contributed by atoms with E-state index in [0.717, 1.165) is 17.3 Å². The number of carboxylic acid groups (broad SMARTS) is 1. The van der Waals surface area contributed by atoms with Gasteiger partial charge in [-0.25, -0.2) is 14.8 Å². The highest BCUT2D eigenvalue weighted by atomic mass is 19.4. The van der Waals surface area contributed by atoms with Gasteiger partial charge in [0.1, 0.15) is 6.04 Å². The molecule has 0 saturated carbocycles. The zero-order chi connectivity index (χ0) is 15.6. The van der Waals surface area contributed by atoms with E-state index in [2.05, 4.69) is 9.97 Å². The summed E-state index contributed by atoms with van der Waals surface area (Å²) in [5.41, 5.74) is -0.156. The molecule has 6 nitrogen and oxygen atoms in total. The van der Waals surface area contributed by atoms with Gasteiger partial charge in [0.25, 0.3) is 5.91 Å². The van der Waals surface area contributed by atoms with Crippen molar-refractivity contribution in [1.82, 2.24) is 14.9 Å². The second-order valence-corrected chi connectivity index (χ2v) is 4.64. The highest BCUT2D eigenvalue weighted by Crippen LogP contribution is 2.26. The smallest absolute Gasteiger partial charge is 0.451 e. The topological polar surface area (TPSA) is 83.4 Å². The third kappa shape index (κ3) is 3.29. The second-order valence-electron chi connectivity index (χ2n) is 4.64. The summed E-state index contributed by atoms with van der Waals surface area (Å²) in [6.45, 7) is 0.247. The molecular weight excluding hydrogens is 291 g/mol. The number of rotatable bonds is 2. The minimum absolute atomic E-state index is 0.156. The van der Waals surface area contributed by atoms with E-state index >= 15 is 0 Å². The molecule has 0 aliphatic carbocycles. The lowest BCUT2D eigenvalue weighted by Crippen LogP contribution is -2.48. The van der Waals surface area contributed by atoms with Crippen LogP contribution >= 0.6 is 0 Å². The van der Waals surface area contributed by atoms with Crippen molar-refractivity contribution in [3.05, 3.63) is 23.8 Å². The van der Waals surface area contributed by atoms with Gasteiger partial charge in [0, 0.05) is 18.9 Å². The van der Waals surface area contributed by atoms with Gasteiger partial charge in [-0.2, -0.15) is 13.2 Å². The van der Waals surface area contributed by atoms with E-state index in [-0.39, 0.29) is 12.1 Å². The molecule has 114 valence electrons. The van der Waals surface area contributed by atoms with E-state index in [1.807, 2.05) is 0 Å². The molecule has 1 fully saturated rings. The molecule has 0 aromatic carbocycles. The van der Waals surface area contributed by atoms with E-state index in [9.17, 15) is 22.8 Å². The molecule has 1 unspecified atom stereocenters. The van der Waals surface area contributed by atoms with E-state index in [0.29, 0.717) is 19.3 Å². The van der Waals surface area contributed by atoms with Crippen LogP contribution in [0.4, 0.5) is 13.2 Å². The molecule has 2 rings (SSSR count). The summed E-state index contributed by atoms with van der Waals surface area (Å²) >= 11 is 0. The summed E-state index contributed by atoms with van der Waals surface area (Å²) in [4.78, 5) is 30.6. The van der Waals surface area contributed by atoms with Crippen molar-refractivity contribution in [3.8, 4) is 0 Å². The predicted molar refractivity (Wildman–Crippen MR) is 63.3 cm³/mol. The number of carbonyl (C=O) groups is 2. The Kier molecular flexibility index (Phi) is 4.10. The molecule has 21 heavy (non-hydrogen) atoms. The fourth-order valence-corrected chi connectivity index (χ4v) is 2.18. The Bertz CT molecular complexity index is 545. The number of likely N-dealkylation sites (tertiary alicyclic amines) is 1. The van der Waals surface area contributed by atoms with Crippen LogP contribution in [0.5, 0.6) is 0 Å². The van der Waals surface area contributed by atoms with Crippen molar-refractivity contribution in [2.24, 2.45) is 0 Å². The zero-order valence-corrected chi connectivity index (χ0v) is 10.8. The summed E-state index contributed by atoms with van der Waals surface area (Å²) in [6, 6.07) is -0.964. The lowest BCUT2D eigenvalue weighted by Gasteiger charge is -2.32. The Morgan fingerprint density at radius 3 is 2.38 bits per heavy atom. The van der Waals surface area contributed by atoms with Crippen LogP contribution < -0.4 is 0 Å². The Labute approximate surface area is 117 Å². The molecule has 1 aliphatic rings. The maximum Gasteiger partial charge on any atom is 0.451 e. The highest BCUT2D eigenvalue weighted by Gasteiger charge is 2.36. The van der Waals surface area contributed by atoms with Gasteiger partial charge in [-0.3, -0.25) is 4.79 Å². The molecule has 2 heterocycles. The van der Waals surface area contributed by atoms with Crippen molar-refractivity contribution in [2.75, 3.05) is 6.54 Å². The van der Waals surface area contributed by atoms with Crippen molar-refractivity contribution < 1.29 is 27.9 Å². The SMILES string of the molecule is O=C(O)C1CCCCN1C(=O)c1cnc(C(F)(F)F)nc1. The Balaban J connectivity index is 2.20. The number of aromatic nitrogens is 2. The average Bonchev–Trinajstić information content (AvgIpc) is 2.45. The molecule has 9 heteroatoms. The summed E-state index contributed by atoms with van der Waals surface area (Å²) in [5.74, 6) is -3.14. The van der Waals surface area contributed by atoms with Crippen LogP contribution in [0, 0.1) is 0 Å². The number of piperidine rings is 1. The molecule has 1 aromatic rings. The normalized spacial score (nSPS) is 19.4. The molecule has 0 spiro atoms. The molecule has 0 radical (unpaired) electrons. The van der Waals surface area contributed by atoms with Crippen LogP contribution in [0.2, 0.25) is 0 Å². The van der Waals surface area contributed by atoms with E-state index in [1.165, 1.54) is 0 Å². The summed E-state index contributed by atoms with van der Waals surface area (Å²) in [6.07, 6.45) is -1.49. The molecule has 1 atom stereocenters. The number of nitrogens with zero attached hydrogens (tertiary/aromatic N) is 3. The average molecular weight is 303 g/mol. The third-order valence-electron chi connectivity index (χ3n) is 3.20. The third-order valence-corrected chi connectivity index (χ3v) is 3.20. The number of amides is 1. The van der Waals surface area contributed by atoms with Crippen LogP contribution in [-0.4, -0.2) is 44.4 Å². The van der Waals surface area contributed by atoms with Crippen LogP contribution in [-0.2, 0) is 11.0 Å². The highest BCUT2D eigenvalue weighted by molar-refractivity contribution is 5.96. The first-order valence-corrected chi connectivity index (χ1v) is 6.23. The maximum absolute atomic E-state index is 12.3. The van der Waals surface area contributed by atoms with Crippen LogP contribution in [0.3, 0.4) is 0 Å². The maximum atomic E-state index is 12.3. The van der Waals surface area contributed by atoms with Gasteiger partial charge < -0.3 is 10.0 Å². The standard InChI is InChI=1S/C12H12F3N3O3/c13-12(14,15)11-16-5-7(6-17-11)9(19)18-4-2-1-3-8(18)10(20)21/h5-6,8H,1-4H2,(H,20,21). The van der Waals surface area contributed by atoms with Gasteiger partial charge in [-0.15, -0.1) is 0 Å². The Morgan fingerprint density at radius 2 is 1.86 bits per heavy atom. The number of carboxylic acids is 1. The zero-order valence-electron chi connectivity index (χ0n) is 10.8. The first-order chi connectivity index (χ1) is 9.80. The van der Waals surface area contributed by atoms with Gasteiger partial charge in [-0.05, 0) is 19.3 Å². The number of hydrogen-bond acceptors (Lipinski definition) is 4. The predicted octanol–water partition coefficient (Wildman–Crippen LogP) is 1.57. The van der Waals surface area contributed by atoms with Crippen molar-refractivity contribution >= 4 is 11.9 Å². The molecule has 1 saturated heterocycles. The van der Waals surface area contributed by atoms with Gasteiger partial charge in [0.05, 0.1) is 5.56 Å². The number of hydrogen-bond donors (Lipinski definition) is 1. The first kappa shape index (κ1) is 15.2. The monoisotopic (exact) mass is 303 g/mol. The molecule has 1 amide bonds. The molecule has 1 aliphatic heterocycles. The Hall–Kier alpha value is -2.19. The largest absolute Gasteiger partial charge is 0.480 e.